The predicted octanol–water partition coefficient (Wildman–Crippen LogP) is 0.794. The summed E-state index contributed by atoms with van der Waals surface area (Å²) >= 11 is 0. The molecule has 1 aromatic rings. The molecule has 112 valence electrons. The summed E-state index contributed by atoms with van der Waals surface area (Å²) in [7, 11) is 0. The monoisotopic (exact) mass is 292 g/mol. The van der Waals surface area contributed by atoms with Crippen LogP contribution < -0.4 is 5.84 Å². The minimum atomic E-state index is -0.609. The van der Waals surface area contributed by atoms with E-state index in [-0.39, 0.29) is 17.9 Å². The standard InChI is InChI=1S/C14H16N2O5/c1-2-21-14(20)9-6-8(9)11(16-15)13(19)7-4-3-5-10(17)12(7)18/h3-5,8-9,17-18H,2,6,15H2,1H3. The number of hydrazone groups is 1. The van der Waals surface area contributed by atoms with Crippen molar-refractivity contribution < 1.29 is 24.5 Å². The van der Waals surface area contributed by atoms with Gasteiger partial charge >= 0.3 is 5.97 Å². The van der Waals surface area contributed by atoms with Crippen molar-refractivity contribution in [2.45, 2.75) is 13.3 Å². The van der Waals surface area contributed by atoms with Crippen molar-refractivity contribution in [3.63, 3.8) is 0 Å². The van der Waals surface area contributed by atoms with Gasteiger partial charge in [0.15, 0.2) is 11.5 Å². The average molecular weight is 292 g/mol. The first kappa shape index (κ1) is 14.8. The van der Waals surface area contributed by atoms with Crippen molar-refractivity contribution in [2.24, 2.45) is 22.8 Å². The lowest BCUT2D eigenvalue weighted by molar-refractivity contribution is -0.144. The Balaban J connectivity index is 2.19. The molecule has 0 radical (unpaired) electrons. The van der Waals surface area contributed by atoms with E-state index in [0.29, 0.717) is 6.42 Å². The molecule has 1 aliphatic rings. The van der Waals surface area contributed by atoms with Crippen molar-refractivity contribution >= 4 is 17.5 Å². The van der Waals surface area contributed by atoms with Crippen molar-refractivity contribution in [3.8, 4) is 11.5 Å². The number of phenols is 2. The molecule has 1 fully saturated rings. The molecule has 0 heterocycles. The molecule has 1 aromatic carbocycles. The van der Waals surface area contributed by atoms with Crippen LogP contribution in [0.25, 0.3) is 0 Å². The SMILES string of the molecule is CCOC(=O)C1CC1C(=NN)C(=O)c1cccc(O)c1O. The van der Waals surface area contributed by atoms with Gasteiger partial charge in [0, 0.05) is 5.92 Å². The Morgan fingerprint density at radius 1 is 1.38 bits per heavy atom. The molecular formula is C14H16N2O5. The zero-order chi connectivity index (χ0) is 15.6. The second-order valence-corrected chi connectivity index (χ2v) is 4.72. The van der Waals surface area contributed by atoms with Crippen LogP contribution in [-0.4, -0.2) is 34.3 Å². The van der Waals surface area contributed by atoms with Gasteiger partial charge < -0.3 is 20.8 Å². The molecule has 4 N–H and O–H groups in total. The summed E-state index contributed by atoms with van der Waals surface area (Å²) in [5.41, 5.74) is -0.109. The van der Waals surface area contributed by atoms with E-state index in [2.05, 4.69) is 5.10 Å². The molecule has 2 rings (SSSR count). The molecule has 0 spiro atoms. The summed E-state index contributed by atoms with van der Waals surface area (Å²) in [5.74, 6) is 2.46. The number of nitrogens with two attached hydrogens (primary N) is 1. The first-order valence-corrected chi connectivity index (χ1v) is 6.51. The number of ketones is 1. The predicted molar refractivity (Wildman–Crippen MR) is 74.0 cm³/mol. The van der Waals surface area contributed by atoms with Gasteiger partial charge in [-0.25, -0.2) is 0 Å². The average Bonchev–Trinajstić information content (AvgIpc) is 3.23. The largest absolute Gasteiger partial charge is 0.504 e. The number of hydrogen-bond acceptors (Lipinski definition) is 7. The van der Waals surface area contributed by atoms with Crippen LogP contribution >= 0.6 is 0 Å². The second-order valence-electron chi connectivity index (χ2n) is 4.72. The van der Waals surface area contributed by atoms with Gasteiger partial charge in [0.25, 0.3) is 0 Å². The third-order valence-electron chi connectivity index (χ3n) is 3.36. The number of hydrogen-bond donors (Lipinski definition) is 3. The number of carbonyl (C=O) groups excluding carboxylic acids is 2. The fourth-order valence-corrected chi connectivity index (χ4v) is 2.18. The van der Waals surface area contributed by atoms with Crippen LogP contribution in [-0.2, 0) is 9.53 Å². The number of phenolic OH excluding ortho intramolecular Hbond substituents is 2. The van der Waals surface area contributed by atoms with Gasteiger partial charge in [0.1, 0.15) is 5.71 Å². The summed E-state index contributed by atoms with van der Waals surface area (Å²) in [5, 5.41) is 22.6. The summed E-state index contributed by atoms with van der Waals surface area (Å²) in [6.45, 7) is 1.96. The maximum atomic E-state index is 12.3. The molecule has 0 amide bonds. The van der Waals surface area contributed by atoms with Crippen LogP contribution in [0.4, 0.5) is 0 Å². The van der Waals surface area contributed by atoms with E-state index < -0.39 is 35.1 Å². The number of esters is 1. The molecule has 7 nitrogen and oxygen atoms in total. The molecule has 1 aliphatic carbocycles. The fourth-order valence-electron chi connectivity index (χ4n) is 2.18. The van der Waals surface area contributed by atoms with Gasteiger partial charge in [0.05, 0.1) is 18.1 Å². The lowest BCUT2D eigenvalue weighted by Gasteiger charge is -2.07. The number of benzene rings is 1. The van der Waals surface area contributed by atoms with Crippen LogP contribution in [0.2, 0.25) is 0 Å². The highest BCUT2D eigenvalue weighted by atomic mass is 16.5. The van der Waals surface area contributed by atoms with Crippen LogP contribution in [0.1, 0.15) is 23.7 Å². The van der Waals surface area contributed by atoms with Crippen LogP contribution in [0, 0.1) is 11.8 Å². The molecule has 0 saturated heterocycles. The Morgan fingerprint density at radius 3 is 2.71 bits per heavy atom. The van der Waals surface area contributed by atoms with Gasteiger partial charge in [0.2, 0.25) is 5.78 Å². The zero-order valence-electron chi connectivity index (χ0n) is 11.4. The van der Waals surface area contributed by atoms with Crippen LogP contribution in [0.15, 0.2) is 23.3 Å². The minimum absolute atomic E-state index is 0.00560. The van der Waals surface area contributed by atoms with E-state index in [1.54, 1.807) is 6.92 Å². The number of para-hydroxylation sites is 1. The van der Waals surface area contributed by atoms with Crippen molar-refractivity contribution in [3.05, 3.63) is 23.8 Å². The van der Waals surface area contributed by atoms with Gasteiger partial charge in [-0.1, -0.05) is 6.07 Å². The zero-order valence-corrected chi connectivity index (χ0v) is 11.4. The Morgan fingerprint density at radius 2 is 2.10 bits per heavy atom. The number of carbonyl (C=O) groups is 2. The fraction of sp³-hybridized carbons (Fsp3) is 0.357. The maximum Gasteiger partial charge on any atom is 0.309 e. The van der Waals surface area contributed by atoms with E-state index >= 15 is 0 Å². The van der Waals surface area contributed by atoms with Crippen molar-refractivity contribution in [2.75, 3.05) is 6.61 Å². The molecule has 2 unspecified atom stereocenters. The Kier molecular flexibility index (Phi) is 4.11. The molecule has 2 atom stereocenters. The highest BCUT2D eigenvalue weighted by Gasteiger charge is 2.49. The van der Waals surface area contributed by atoms with Gasteiger partial charge in [-0.05, 0) is 25.5 Å². The smallest absolute Gasteiger partial charge is 0.309 e. The molecular weight excluding hydrogens is 276 g/mol. The Hall–Kier alpha value is -2.57. The highest BCUT2D eigenvalue weighted by molar-refractivity contribution is 6.48. The number of rotatable bonds is 5. The third kappa shape index (κ3) is 2.81. The minimum Gasteiger partial charge on any atom is -0.504 e. The molecule has 7 heteroatoms. The van der Waals surface area contributed by atoms with E-state index in [4.69, 9.17) is 10.6 Å². The summed E-state index contributed by atoms with van der Waals surface area (Å²) in [6, 6.07) is 4.03. The summed E-state index contributed by atoms with van der Waals surface area (Å²) < 4.78 is 4.88. The lowest BCUT2D eigenvalue weighted by atomic mass is 10.0. The van der Waals surface area contributed by atoms with E-state index in [0.717, 1.165) is 0 Å². The first-order valence-electron chi connectivity index (χ1n) is 6.51. The maximum absolute atomic E-state index is 12.3. The first-order chi connectivity index (χ1) is 10.0. The molecule has 0 aromatic heterocycles. The van der Waals surface area contributed by atoms with Crippen molar-refractivity contribution in [1.29, 1.82) is 0 Å². The lowest BCUT2D eigenvalue weighted by Crippen LogP contribution is -2.21. The Labute approximate surface area is 121 Å². The number of Topliss-reactive ketones (excluding diaryl/α,β-unsaturated/α-hetero) is 1. The van der Waals surface area contributed by atoms with E-state index in [9.17, 15) is 19.8 Å². The highest BCUT2D eigenvalue weighted by Crippen LogP contribution is 2.42. The van der Waals surface area contributed by atoms with Gasteiger partial charge in [-0.15, -0.1) is 0 Å². The summed E-state index contributed by atoms with van der Waals surface area (Å²) in [4.78, 5) is 23.9. The number of nitrogens with zero attached hydrogens (tertiary/aromatic N) is 1. The molecule has 1 saturated carbocycles. The molecule has 21 heavy (non-hydrogen) atoms. The second kappa shape index (κ2) is 5.82. The van der Waals surface area contributed by atoms with Gasteiger partial charge in [-0.2, -0.15) is 5.10 Å². The molecule has 0 aliphatic heterocycles. The third-order valence-corrected chi connectivity index (χ3v) is 3.36. The number of aromatic hydroxyl groups is 2. The topological polar surface area (TPSA) is 122 Å². The molecule has 0 bridgehead atoms. The van der Waals surface area contributed by atoms with Crippen LogP contribution in [0.3, 0.4) is 0 Å². The quantitative estimate of drug-likeness (QED) is 0.184. The van der Waals surface area contributed by atoms with E-state index in [1.165, 1.54) is 18.2 Å². The Bertz CT molecular complexity index is 611. The van der Waals surface area contributed by atoms with Crippen molar-refractivity contribution in [1.82, 2.24) is 0 Å². The van der Waals surface area contributed by atoms with Gasteiger partial charge in [-0.3, -0.25) is 9.59 Å². The number of ether oxygens (including phenoxy) is 1. The normalized spacial score (nSPS) is 20.9. The van der Waals surface area contributed by atoms with Crippen LogP contribution in [0.5, 0.6) is 11.5 Å². The van der Waals surface area contributed by atoms with E-state index in [1.807, 2.05) is 0 Å². The summed E-state index contributed by atoms with van der Waals surface area (Å²) in [6.07, 6.45) is 0.431.